The van der Waals surface area contributed by atoms with Gasteiger partial charge in [-0.3, -0.25) is 4.90 Å². The van der Waals surface area contributed by atoms with Crippen LogP contribution in [0.4, 0.5) is 11.4 Å². The van der Waals surface area contributed by atoms with E-state index in [0.29, 0.717) is 5.92 Å². The topological polar surface area (TPSA) is 70.0 Å². The predicted octanol–water partition coefficient (Wildman–Crippen LogP) is 2.43. The Labute approximate surface area is 158 Å². The SMILES string of the molecule is Nc1ccc(-c2cc3c(N4CCN(C(O)C5CC5)CC4)ccnn3c2)cc1. The summed E-state index contributed by atoms with van der Waals surface area (Å²) in [7, 11) is 0. The van der Waals surface area contributed by atoms with Crippen LogP contribution in [0.15, 0.2) is 48.8 Å². The Balaban J connectivity index is 1.39. The van der Waals surface area contributed by atoms with Gasteiger partial charge in [0.1, 0.15) is 6.23 Å². The second-order valence-corrected chi connectivity index (χ2v) is 7.67. The minimum atomic E-state index is -0.255. The molecule has 1 saturated carbocycles. The molecule has 0 spiro atoms. The van der Waals surface area contributed by atoms with Crippen molar-refractivity contribution in [2.24, 2.45) is 5.92 Å². The first-order valence-electron chi connectivity index (χ1n) is 9.69. The predicted molar refractivity (Wildman–Crippen MR) is 108 cm³/mol. The zero-order chi connectivity index (χ0) is 18.4. The number of nitrogen functional groups attached to an aromatic ring is 1. The quantitative estimate of drug-likeness (QED) is 0.697. The molecule has 2 aliphatic rings. The molecule has 3 aromatic rings. The van der Waals surface area contributed by atoms with Gasteiger partial charge >= 0.3 is 0 Å². The van der Waals surface area contributed by atoms with E-state index in [1.165, 1.54) is 18.5 Å². The number of aliphatic hydroxyl groups is 1. The third kappa shape index (κ3) is 3.15. The summed E-state index contributed by atoms with van der Waals surface area (Å²) in [6.07, 6.45) is 6.02. The number of fused-ring (bicyclic) bond motifs is 1. The molecule has 0 amide bonds. The number of anilines is 2. The standard InChI is InChI=1S/C21H25N5O/c22-18-5-3-15(4-6-18)17-13-20-19(7-8-23-26(20)14-17)24-9-11-25(12-10-24)21(27)16-1-2-16/h3-8,13-14,16,21,27H,1-2,9-12,22H2. The fraction of sp³-hybridized carbons (Fsp3) is 0.381. The van der Waals surface area contributed by atoms with Gasteiger partial charge < -0.3 is 15.7 Å². The molecule has 0 radical (unpaired) electrons. The number of nitrogens with zero attached hydrogens (tertiary/aromatic N) is 4. The lowest BCUT2D eigenvalue weighted by molar-refractivity contribution is -0.0158. The number of hydrogen-bond donors (Lipinski definition) is 2. The molecular formula is C21H25N5O. The molecule has 27 heavy (non-hydrogen) atoms. The van der Waals surface area contributed by atoms with Gasteiger partial charge in [-0.05, 0) is 48.6 Å². The highest BCUT2D eigenvalue weighted by Crippen LogP contribution is 2.35. The summed E-state index contributed by atoms with van der Waals surface area (Å²) in [5.74, 6) is 0.497. The Hall–Kier alpha value is -2.57. The molecule has 2 aromatic heterocycles. The Kier molecular flexibility index (Phi) is 4.02. The number of aliphatic hydroxyl groups excluding tert-OH is 1. The van der Waals surface area contributed by atoms with Crippen molar-refractivity contribution in [2.45, 2.75) is 19.1 Å². The Morgan fingerprint density at radius 1 is 1.00 bits per heavy atom. The van der Waals surface area contributed by atoms with Crippen molar-refractivity contribution in [2.75, 3.05) is 36.8 Å². The number of hydrogen-bond acceptors (Lipinski definition) is 5. The summed E-state index contributed by atoms with van der Waals surface area (Å²) in [5, 5.41) is 14.9. The Morgan fingerprint density at radius 2 is 1.74 bits per heavy atom. The van der Waals surface area contributed by atoms with Crippen LogP contribution in [0.2, 0.25) is 0 Å². The summed E-state index contributed by atoms with van der Waals surface area (Å²) >= 11 is 0. The highest BCUT2D eigenvalue weighted by molar-refractivity contribution is 5.80. The van der Waals surface area contributed by atoms with Gasteiger partial charge in [-0.25, -0.2) is 4.52 Å². The molecule has 1 atom stereocenters. The van der Waals surface area contributed by atoms with Crippen LogP contribution in [0.25, 0.3) is 16.6 Å². The molecular weight excluding hydrogens is 338 g/mol. The van der Waals surface area contributed by atoms with Gasteiger partial charge in [-0.15, -0.1) is 0 Å². The summed E-state index contributed by atoms with van der Waals surface area (Å²) in [5.41, 5.74) is 11.2. The zero-order valence-corrected chi connectivity index (χ0v) is 15.3. The minimum Gasteiger partial charge on any atom is -0.399 e. The van der Waals surface area contributed by atoms with E-state index < -0.39 is 0 Å². The molecule has 1 unspecified atom stereocenters. The van der Waals surface area contributed by atoms with E-state index in [2.05, 4.69) is 33.2 Å². The smallest absolute Gasteiger partial charge is 0.110 e. The van der Waals surface area contributed by atoms with E-state index in [-0.39, 0.29) is 6.23 Å². The Bertz CT molecular complexity index is 939. The number of aromatic nitrogens is 2. The largest absolute Gasteiger partial charge is 0.399 e. The summed E-state index contributed by atoms with van der Waals surface area (Å²) < 4.78 is 1.95. The van der Waals surface area contributed by atoms with Crippen LogP contribution in [-0.4, -0.2) is 52.0 Å². The van der Waals surface area contributed by atoms with E-state index in [9.17, 15) is 5.11 Å². The van der Waals surface area contributed by atoms with Crippen molar-refractivity contribution in [3.8, 4) is 11.1 Å². The van der Waals surface area contributed by atoms with E-state index in [4.69, 9.17) is 5.73 Å². The lowest BCUT2D eigenvalue weighted by Gasteiger charge is -2.38. The van der Waals surface area contributed by atoms with Crippen molar-refractivity contribution >= 4 is 16.9 Å². The molecule has 140 valence electrons. The summed E-state index contributed by atoms with van der Waals surface area (Å²) in [6, 6.07) is 12.2. The second kappa shape index (κ2) is 6.55. The number of benzene rings is 1. The molecule has 3 heterocycles. The van der Waals surface area contributed by atoms with E-state index in [0.717, 1.165) is 48.5 Å². The van der Waals surface area contributed by atoms with Crippen LogP contribution in [0.3, 0.4) is 0 Å². The van der Waals surface area contributed by atoms with Crippen molar-refractivity contribution in [1.29, 1.82) is 0 Å². The zero-order valence-electron chi connectivity index (χ0n) is 15.3. The highest BCUT2D eigenvalue weighted by atomic mass is 16.3. The van der Waals surface area contributed by atoms with Gasteiger partial charge in [-0.1, -0.05) is 12.1 Å². The Morgan fingerprint density at radius 3 is 2.44 bits per heavy atom. The van der Waals surface area contributed by atoms with Crippen LogP contribution in [-0.2, 0) is 0 Å². The van der Waals surface area contributed by atoms with Gasteiger partial charge in [-0.2, -0.15) is 5.10 Å². The van der Waals surface area contributed by atoms with Gasteiger partial charge in [0.05, 0.1) is 11.2 Å². The molecule has 2 fully saturated rings. The maximum Gasteiger partial charge on any atom is 0.110 e. The van der Waals surface area contributed by atoms with Crippen LogP contribution >= 0.6 is 0 Å². The maximum atomic E-state index is 10.4. The average Bonchev–Trinajstić information content (AvgIpc) is 3.46. The first-order chi connectivity index (χ1) is 13.2. The van der Waals surface area contributed by atoms with Gasteiger partial charge in [0.25, 0.3) is 0 Å². The first-order valence-corrected chi connectivity index (χ1v) is 9.69. The summed E-state index contributed by atoms with van der Waals surface area (Å²) in [6.45, 7) is 3.65. The summed E-state index contributed by atoms with van der Waals surface area (Å²) in [4.78, 5) is 4.63. The molecule has 1 aromatic carbocycles. The monoisotopic (exact) mass is 363 g/mol. The lowest BCUT2D eigenvalue weighted by Crippen LogP contribution is -2.51. The normalized spacial score (nSPS) is 19.5. The van der Waals surface area contributed by atoms with Crippen LogP contribution in [0.1, 0.15) is 12.8 Å². The average molecular weight is 363 g/mol. The van der Waals surface area contributed by atoms with Crippen molar-refractivity contribution < 1.29 is 5.11 Å². The van der Waals surface area contributed by atoms with Gasteiger partial charge in [0.15, 0.2) is 0 Å². The van der Waals surface area contributed by atoms with E-state index >= 15 is 0 Å². The molecule has 0 bridgehead atoms. The minimum absolute atomic E-state index is 0.255. The molecule has 6 heteroatoms. The molecule has 1 saturated heterocycles. The lowest BCUT2D eigenvalue weighted by atomic mass is 10.1. The van der Waals surface area contributed by atoms with Crippen LogP contribution < -0.4 is 10.6 Å². The fourth-order valence-electron chi connectivity index (χ4n) is 4.02. The van der Waals surface area contributed by atoms with Crippen molar-refractivity contribution in [3.05, 3.63) is 48.8 Å². The number of rotatable bonds is 4. The third-order valence-corrected chi connectivity index (χ3v) is 5.80. The molecule has 1 aliphatic heterocycles. The van der Waals surface area contributed by atoms with Crippen molar-refractivity contribution in [1.82, 2.24) is 14.5 Å². The van der Waals surface area contributed by atoms with E-state index in [1.54, 1.807) is 0 Å². The molecule has 1 aliphatic carbocycles. The van der Waals surface area contributed by atoms with Gasteiger partial charge in [0, 0.05) is 49.8 Å². The molecule has 3 N–H and O–H groups in total. The molecule has 6 nitrogen and oxygen atoms in total. The van der Waals surface area contributed by atoms with Crippen molar-refractivity contribution in [3.63, 3.8) is 0 Å². The maximum absolute atomic E-state index is 10.4. The van der Waals surface area contributed by atoms with Crippen LogP contribution in [0.5, 0.6) is 0 Å². The fourth-order valence-corrected chi connectivity index (χ4v) is 4.02. The third-order valence-electron chi connectivity index (χ3n) is 5.80. The van der Waals surface area contributed by atoms with Crippen LogP contribution in [0, 0.1) is 5.92 Å². The highest BCUT2D eigenvalue weighted by Gasteiger charge is 2.35. The second-order valence-electron chi connectivity index (χ2n) is 7.67. The van der Waals surface area contributed by atoms with E-state index in [1.807, 2.05) is 35.0 Å². The number of piperazine rings is 1. The van der Waals surface area contributed by atoms with Gasteiger partial charge in [0.2, 0.25) is 0 Å². The number of nitrogens with two attached hydrogens (primary N) is 1. The molecule has 5 rings (SSSR count). The first kappa shape index (κ1) is 16.6.